The first-order valence-electron chi connectivity index (χ1n) is 11.5. The van der Waals surface area contributed by atoms with Crippen LogP contribution in [-0.4, -0.2) is 36.2 Å². The van der Waals surface area contributed by atoms with Crippen molar-refractivity contribution in [1.82, 2.24) is 9.97 Å². The number of halogens is 1. The van der Waals surface area contributed by atoms with Gasteiger partial charge in [0.2, 0.25) is 11.9 Å². The number of ether oxygens (including phenoxy) is 2. The summed E-state index contributed by atoms with van der Waals surface area (Å²) >= 11 is 0. The molecule has 0 bridgehead atoms. The van der Waals surface area contributed by atoms with Crippen molar-refractivity contribution >= 4 is 34.7 Å². The fraction of sp³-hybridized carbons (Fsp3) is 0.136. The number of aromatic nitrogens is 2. The molecular formula is C22H22FN5O3. The quantitative estimate of drug-likeness (QED) is 0.328. The highest BCUT2D eigenvalue weighted by atomic mass is 19.1. The maximum absolute atomic E-state index is 14.7. The average molecular weight is 428 g/mol. The summed E-state index contributed by atoms with van der Waals surface area (Å²) in [7, 11) is 1.56. The molecule has 0 atom stereocenters. The molecule has 0 aliphatic carbocycles. The molecule has 0 saturated carbocycles. The summed E-state index contributed by atoms with van der Waals surface area (Å²) in [4.78, 5) is 19.4. The van der Waals surface area contributed by atoms with Crippen LogP contribution in [0.25, 0.3) is 0 Å². The molecule has 2 aromatic carbocycles. The van der Waals surface area contributed by atoms with Crippen molar-refractivity contribution in [2.75, 3.05) is 36.3 Å². The van der Waals surface area contributed by atoms with E-state index < -0.39 is 53.6 Å². The number of nitrogens with zero attached hydrogens (tertiary/aromatic N) is 2. The number of amides is 1. The predicted octanol–water partition coefficient (Wildman–Crippen LogP) is 4.25. The molecule has 1 heterocycles. The van der Waals surface area contributed by atoms with Crippen molar-refractivity contribution in [2.45, 2.75) is 0 Å². The molecule has 0 fully saturated rings. The van der Waals surface area contributed by atoms with Gasteiger partial charge in [-0.2, -0.15) is 4.98 Å². The van der Waals surface area contributed by atoms with E-state index in [0.29, 0.717) is 24.7 Å². The first-order valence-corrected chi connectivity index (χ1v) is 9.00. The van der Waals surface area contributed by atoms with Crippen molar-refractivity contribution in [1.29, 1.82) is 0 Å². The highest BCUT2D eigenvalue weighted by Crippen LogP contribution is 2.23. The molecule has 0 saturated heterocycles. The molecule has 3 rings (SSSR count). The summed E-state index contributed by atoms with van der Waals surface area (Å²) in [5.74, 6) is -2.01. The van der Waals surface area contributed by atoms with Gasteiger partial charge < -0.3 is 25.4 Å². The van der Waals surface area contributed by atoms with E-state index in [4.69, 9.17) is 16.3 Å². The largest absolute Gasteiger partial charge is 0.491 e. The second-order valence-corrected chi connectivity index (χ2v) is 5.88. The van der Waals surface area contributed by atoms with Gasteiger partial charge in [-0.1, -0.05) is 12.6 Å². The summed E-state index contributed by atoms with van der Waals surface area (Å²) < 4.78 is 65.3. The molecule has 3 aromatic rings. The van der Waals surface area contributed by atoms with Crippen LogP contribution in [0, 0.1) is 5.82 Å². The smallest absolute Gasteiger partial charge is 0.247 e. The van der Waals surface area contributed by atoms with Crippen LogP contribution in [0.5, 0.6) is 5.75 Å². The third-order valence-electron chi connectivity index (χ3n) is 3.65. The van der Waals surface area contributed by atoms with Gasteiger partial charge in [0, 0.05) is 24.2 Å². The number of methoxy groups -OCH3 is 1. The molecule has 160 valence electrons. The van der Waals surface area contributed by atoms with Crippen LogP contribution in [0.3, 0.4) is 0 Å². The summed E-state index contributed by atoms with van der Waals surface area (Å²) in [5, 5.41) is 7.51. The lowest BCUT2D eigenvalue weighted by Gasteiger charge is -2.11. The Kier molecular flexibility index (Phi) is 5.45. The number of hydrogen-bond donors (Lipinski definition) is 3. The molecule has 9 heteroatoms. The van der Waals surface area contributed by atoms with Crippen molar-refractivity contribution in [2.24, 2.45) is 0 Å². The standard InChI is InChI=1S/C22H22FN5O3/c1-3-20(29)25-16-5-4-6-17(13-16)26-21-19(23)14-24-22(28-21)27-15-7-9-18(10-8-15)31-12-11-30-2/h3-10,13-14H,1,11-12H2,2H3,(H,25,29)(H2,24,26,27,28)/i4D,5D,6D,13D,14D. The van der Waals surface area contributed by atoms with E-state index in [1.165, 1.54) is 0 Å². The molecular weight excluding hydrogens is 401 g/mol. The third kappa shape index (κ3) is 6.51. The van der Waals surface area contributed by atoms with Crippen LogP contribution < -0.4 is 20.7 Å². The van der Waals surface area contributed by atoms with E-state index in [1.807, 2.05) is 0 Å². The van der Waals surface area contributed by atoms with E-state index in [2.05, 4.69) is 32.5 Å². The summed E-state index contributed by atoms with van der Waals surface area (Å²) in [6.07, 6.45) is 0.146. The predicted molar refractivity (Wildman–Crippen MR) is 118 cm³/mol. The molecule has 3 N–H and O–H groups in total. The van der Waals surface area contributed by atoms with E-state index >= 15 is 0 Å². The van der Waals surface area contributed by atoms with Gasteiger partial charge in [0.05, 0.1) is 19.6 Å². The normalized spacial score (nSPS) is 12.5. The van der Waals surface area contributed by atoms with Gasteiger partial charge in [0.25, 0.3) is 0 Å². The van der Waals surface area contributed by atoms with Crippen molar-refractivity contribution in [3.8, 4) is 5.75 Å². The topological polar surface area (TPSA) is 97.4 Å². The minimum atomic E-state index is -1.17. The number of benzene rings is 2. The van der Waals surface area contributed by atoms with Crippen molar-refractivity contribution in [3.63, 3.8) is 0 Å². The zero-order valence-electron chi connectivity index (χ0n) is 21.5. The fourth-order valence-corrected chi connectivity index (χ4v) is 2.24. The molecule has 31 heavy (non-hydrogen) atoms. The Morgan fingerprint density at radius 2 is 1.97 bits per heavy atom. The number of hydrogen-bond acceptors (Lipinski definition) is 7. The Balaban J connectivity index is 1.91. The Hall–Kier alpha value is -3.98. The molecule has 0 aliphatic rings. The third-order valence-corrected chi connectivity index (χ3v) is 3.65. The number of rotatable bonds is 10. The first kappa shape index (κ1) is 15.8. The molecule has 0 spiro atoms. The molecule has 0 radical (unpaired) electrons. The van der Waals surface area contributed by atoms with Gasteiger partial charge in [-0.25, -0.2) is 9.37 Å². The van der Waals surface area contributed by atoms with E-state index in [-0.39, 0.29) is 11.6 Å². The minimum absolute atomic E-state index is 0.154. The van der Waals surface area contributed by atoms with Crippen LogP contribution in [0.15, 0.2) is 67.3 Å². The number of carbonyl (C=O) groups excluding carboxylic acids is 1. The van der Waals surface area contributed by atoms with E-state index in [9.17, 15) is 9.18 Å². The van der Waals surface area contributed by atoms with E-state index in [1.54, 1.807) is 31.4 Å². The fourth-order valence-electron chi connectivity index (χ4n) is 2.24. The molecule has 8 nitrogen and oxygen atoms in total. The summed E-state index contributed by atoms with van der Waals surface area (Å²) in [5.41, 5.74) is -0.249. The second kappa shape index (κ2) is 10.7. The lowest BCUT2D eigenvalue weighted by molar-refractivity contribution is -0.111. The lowest BCUT2D eigenvalue weighted by Crippen LogP contribution is -2.07. The van der Waals surface area contributed by atoms with Gasteiger partial charge in [0.15, 0.2) is 11.6 Å². The van der Waals surface area contributed by atoms with Gasteiger partial charge in [-0.15, -0.1) is 0 Å². The zero-order valence-corrected chi connectivity index (χ0v) is 16.5. The van der Waals surface area contributed by atoms with Gasteiger partial charge >= 0.3 is 0 Å². The molecule has 0 unspecified atom stereocenters. The second-order valence-electron chi connectivity index (χ2n) is 5.88. The maximum Gasteiger partial charge on any atom is 0.247 e. The number of carbonyl (C=O) groups is 1. The van der Waals surface area contributed by atoms with Crippen LogP contribution in [0.2, 0.25) is 0 Å². The average Bonchev–Trinajstić information content (AvgIpc) is 2.87. The molecule has 1 aromatic heterocycles. The number of nitrogens with one attached hydrogen (secondary N) is 3. The van der Waals surface area contributed by atoms with Crippen LogP contribution in [0.4, 0.5) is 33.2 Å². The first-order chi connectivity index (χ1) is 17.2. The van der Waals surface area contributed by atoms with Crippen LogP contribution in [-0.2, 0) is 9.53 Å². The lowest BCUT2D eigenvalue weighted by atomic mass is 10.2. The molecule has 0 aliphatic heterocycles. The SMILES string of the molecule is [2H]c1nc(Nc2ccc(OCCOC)cc2)nc(Nc2c([2H])c([2H])c([2H])c(NC(=O)C=C)c2[2H])c1F. The Labute approximate surface area is 186 Å². The van der Waals surface area contributed by atoms with Crippen molar-refractivity contribution in [3.05, 3.63) is 73.1 Å². The van der Waals surface area contributed by atoms with Crippen LogP contribution >= 0.6 is 0 Å². The minimum Gasteiger partial charge on any atom is -0.491 e. The van der Waals surface area contributed by atoms with Gasteiger partial charge in [0.1, 0.15) is 12.4 Å². The summed E-state index contributed by atoms with van der Waals surface area (Å²) in [6, 6.07) is 4.36. The molecule has 1 amide bonds. The Morgan fingerprint density at radius 3 is 2.71 bits per heavy atom. The van der Waals surface area contributed by atoms with Gasteiger partial charge in [-0.3, -0.25) is 4.79 Å². The Morgan fingerprint density at radius 1 is 1.19 bits per heavy atom. The van der Waals surface area contributed by atoms with Gasteiger partial charge in [-0.05, 0) is 48.5 Å². The number of anilines is 5. The highest BCUT2D eigenvalue weighted by Gasteiger charge is 2.09. The Bertz CT molecular complexity index is 1290. The highest BCUT2D eigenvalue weighted by molar-refractivity contribution is 5.99. The maximum atomic E-state index is 14.7. The summed E-state index contributed by atoms with van der Waals surface area (Å²) in [6.45, 7) is 4.10. The monoisotopic (exact) mass is 428 g/mol. The van der Waals surface area contributed by atoms with Crippen molar-refractivity contribution < 1.29 is 25.5 Å². The zero-order chi connectivity index (χ0) is 26.4. The van der Waals surface area contributed by atoms with E-state index in [0.717, 1.165) is 6.08 Å². The van der Waals surface area contributed by atoms with Crippen LogP contribution in [0.1, 0.15) is 6.85 Å².